The number of carbonyl (C=O) groups excluding carboxylic acids is 2. The van der Waals surface area contributed by atoms with Crippen LogP contribution < -0.4 is 10.1 Å². The molecule has 3 unspecified atom stereocenters. The van der Waals surface area contributed by atoms with Gasteiger partial charge in [0.1, 0.15) is 17.8 Å². The molecule has 1 aliphatic heterocycles. The molecule has 0 aliphatic carbocycles. The van der Waals surface area contributed by atoms with Gasteiger partial charge in [-0.15, -0.1) is 0 Å². The highest BCUT2D eigenvalue weighted by atomic mass is 16.5. The van der Waals surface area contributed by atoms with E-state index in [0.29, 0.717) is 19.4 Å². The Morgan fingerprint density at radius 1 is 1.05 bits per heavy atom. The average molecular weight is 583 g/mol. The summed E-state index contributed by atoms with van der Waals surface area (Å²) in [6, 6.07) is 10.9. The molecule has 8 nitrogen and oxygen atoms in total. The first-order valence-corrected chi connectivity index (χ1v) is 15.3. The van der Waals surface area contributed by atoms with Gasteiger partial charge >= 0.3 is 12.1 Å². The number of benzene rings is 2. The zero-order valence-electron chi connectivity index (χ0n) is 26.5. The number of aliphatic carboxylic acids is 1. The first-order valence-electron chi connectivity index (χ1n) is 15.3. The molecule has 2 N–H and O–H groups in total. The first-order chi connectivity index (χ1) is 19.8. The van der Waals surface area contributed by atoms with Gasteiger partial charge in [-0.25, -0.2) is 9.59 Å². The number of unbranched alkanes of at least 4 members (excludes halogenated alkanes) is 1. The van der Waals surface area contributed by atoms with E-state index in [1.165, 1.54) is 21.2 Å². The number of carbonyl (C=O) groups is 3. The third-order valence-corrected chi connectivity index (χ3v) is 8.62. The number of rotatable bonds is 13. The fourth-order valence-corrected chi connectivity index (χ4v) is 5.79. The van der Waals surface area contributed by atoms with E-state index in [9.17, 15) is 19.5 Å². The monoisotopic (exact) mass is 582 g/mol. The summed E-state index contributed by atoms with van der Waals surface area (Å²) < 4.78 is 11.2. The Labute approximate surface area is 251 Å². The summed E-state index contributed by atoms with van der Waals surface area (Å²) in [6.45, 7) is 12.5. The van der Waals surface area contributed by atoms with Gasteiger partial charge in [-0.2, -0.15) is 0 Å². The molecule has 42 heavy (non-hydrogen) atoms. The van der Waals surface area contributed by atoms with E-state index < -0.39 is 29.6 Å². The predicted octanol–water partition coefficient (Wildman–Crippen LogP) is 6.83. The van der Waals surface area contributed by atoms with Crippen LogP contribution in [0.1, 0.15) is 85.6 Å². The molecule has 2 aromatic carbocycles. The minimum atomic E-state index is -1.01. The molecule has 2 aromatic rings. The Morgan fingerprint density at radius 3 is 2.31 bits per heavy atom. The molecule has 1 fully saturated rings. The molecule has 3 atom stereocenters. The van der Waals surface area contributed by atoms with E-state index >= 15 is 0 Å². The zero-order valence-corrected chi connectivity index (χ0v) is 26.5. The van der Waals surface area contributed by atoms with Gasteiger partial charge in [-0.3, -0.25) is 4.79 Å². The number of nitrogens with zero attached hydrogens (tertiary/aromatic N) is 1. The number of carboxylic acid groups (broad SMARTS) is 1. The van der Waals surface area contributed by atoms with E-state index in [4.69, 9.17) is 9.47 Å². The lowest BCUT2D eigenvalue weighted by molar-refractivity contribution is -0.150. The van der Waals surface area contributed by atoms with Gasteiger partial charge in [-0.05, 0) is 77.3 Å². The maximum absolute atomic E-state index is 13.5. The Balaban J connectivity index is 1.48. The number of hydrogen-bond acceptors (Lipinski definition) is 5. The molecule has 8 heteroatoms. The summed E-state index contributed by atoms with van der Waals surface area (Å²) in [6.07, 6.45) is 5.27. The topological polar surface area (TPSA) is 105 Å². The Kier molecular flexibility index (Phi) is 11.3. The molecule has 1 saturated heterocycles. The number of hydrogen-bond donors (Lipinski definition) is 2. The number of fused-ring (bicyclic) bond motifs is 1. The molecule has 2 amide bonds. The van der Waals surface area contributed by atoms with Crippen LogP contribution in [-0.4, -0.2) is 60.3 Å². The van der Waals surface area contributed by atoms with Crippen molar-refractivity contribution in [2.24, 2.45) is 16.7 Å². The minimum Gasteiger partial charge on any atom is -0.496 e. The van der Waals surface area contributed by atoms with E-state index in [0.717, 1.165) is 37.9 Å². The average Bonchev–Trinajstić information content (AvgIpc) is 3.38. The first kappa shape index (κ1) is 33.2. The fraction of sp³-hybridized carbons (Fsp3) is 0.618. The molecule has 0 aromatic heterocycles. The number of ether oxygens (including phenoxy) is 2. The number of aryl methyl sites for hydroxylation is 1. The SMILES string of the molecule is CCC1CC(C(=O)O)N(C(=O)C(NC(=O)OCCC(C)(C)CCCCc2cc3ccccc3cc2OC)C(C)(C)C)C1. The number of carboxylic acids is 1. The lowest BCUT2D eigenvalue weighted by Gasteiger charge is -2.34. The van der Waals surface area contributed by atoms with Crippen LogP contribution in [0.5, 0.6) is 5.75 Å². The summed E-state index contributed by atoms with van der Waals surface area (Å²) in [5.74, 6) is -0.313. The summed E-state index contributed by atoms with van der Waals surface area (Å²) in [7, 11) is 1.72. The lowest BCUT2D eigenvalue weighted by atomic mass is 9.83. The molecular formula is C34H50N2O6. The van der Waals surface area contributed by atoms with Crippen molar-refractivity contribution in [1.82, 2.24) is 10.2 Å². The van der Waals surface area contributed by atoms with E-state index in [-0.39, 0.29) is 23.8 Å². The van der Waals surface area contributed by atoms with E-state index in [1.54, 1.807) is 7.11 Å². The summed E-state index contributed by atoms with van der Waals surface area (Å²) in [5.41, 5.74) is 0.578. The quantitative estimate of drug-likeness (QED) is 0.251. The van der Waals surface area contributed by atoms with E-state index in [1.807, 2.05) is 33.8 Å². The van der Waals surface area contributed by atoms with Crippen LogP contribution in [0.2, 0.25) is 0 Å². The molecule has 3 rings (SSSR count). The van der Waals surface area contributed by atoms with Gasteiger partial charge in [-0.1, -0.05) is 78.6 Å². The van der Waals surface area contributed by atoms with Crippen molar-refractivity contribution in [2.45, 2.75) is 98.6 Å². The molecular weight excluding hydrogens is 532 g/mol. The van der Waals surface area contributed by atoms with Crippen molar-refractivity contribution < 1.29 is 29.0 Å². The second kappa shape index (κ2) is 14.3. The Hall–Kier alpha value is -3.29. The second-order valence-corrected chi connectivity index (χ2v) is 13.6. The van der Waals surface area contributed by atoms with Crippen LogP contribution in [0.25, 0.3) is 10.8 Å². The standard InChI is InChI=1S/C34H50N2O6/c1-8-23-19-27(31(38)39)36(22-23)30(37)29(33(2,3)4)35-32(40)42-18-17-34(5,6)16-12-11-15-26-20-24-13-9-10-14-25(24)21-28(26)41-7/h9-10,13-14,20-21,23,27,29H,8,11-12,15-19,22H2,1-7H3,(H,35,40)(H,38,39). The van der Waals surface area contributed by atoms with Gasteiger partial charge in [0.05, 0.1) is 13.7 Å². The smallest absolute Gasteiger partial charge is 0.407 e. The molecule has 0 spiro atoms. The highest BCUT2D eigenvalue weighted by Crippen LogP contribution is 2.32. The number of methoxy groups -OCH3 is 1. The van der Waals surface area contributed by atoms with Crippen LogP contribution in [0, 0.1) is 16.7 Å². The van der Waals surface area contributed by atoms with Gasteiger partial charge in [0.25, 0.3) is 0 Å². The van der Waals surface area contributed by atoms with Crippen LogP contribution in [0.15, 0.2) is 36.4 Å². The molecule has 1 heterocycles. The van der Waals surface area contributed by atoms with E-state index in [2.05, 4.69) is 49.5 Å². The largest absolute Gasteiger partial charge is 0.496 e. The fourth-order valence-electron chi connectivity index (χ4n) is 5.79. The zero-order chi connectivity index (χ0) is 31.1. The Bertz CT molecular complexity index is 1230. The van der Waals surface area contributed by atoms with Gasteiger partial charge in [0.2, 0.25) is 5.91 Å². The number of likely N-dealkylation sites (tertiary alicyclic amines) is 1. The lowest BCUT2D eigenvalue weighted by Crippen LogP contribution is -2.56. The summed E-state index contributed by atoms with van der Waals surface area (Å²) in [5, 5.41) is 14.8. The maximum Gasteiger partial charge on any atom is 0.407 e. The van der Waals surface area contributed by atoms with Gasteiger partial charge in [0.15, 0.2) is 0 Å². The van der Waals surface area contributed by atoms with Crippen LogP contribution in [-0.2, 0) is 20.7 Å². The highest BCUT2D eigenvalue weighted by molar-refractivity contribution is 5.90. The van der Waals surface area contributed by atoms with Crippen molar-refractivity contribution in [3.8, 4) is 5.75 Å². The van der Waals surface area contributed by atoms with Crippen molar-refractivity contribution in [3.63, 3.8) is 0 Å². The van der Waals surface area contributed by atoms with Crippen molar-refractivity contribution in [3.05, 3.63) is 42.0 Å². The van der Waals surface area contributed by atoms with Crippen molar-refractivity contribution >= 4 is 28.7 Å². The summed E-state index contributed by atoms with van der Waals surface area (Å²) >= 11 is 0. The highest BCUT2D eigenvalue weighted by Gasteiger charge is 2.44. The maximum atomic E-state index is 13.5. The van der Waals surface area contributed by atoms with Crippen molar-refractivity contribution in [2.75, 3.05) is 20.3 Å². The van der Waals surface area contributed by atoms with Crippen LogP contribution >= 0.6 is 0 Å². The number of amides is 2. The minimum absolute atomic E-state index is 0.0214. The third-order valence-electron chi connectivity index (χ3n) is 8.62. The van der Waals surface area contributed by atoms with Crippen LogP contribution in [0.4, 0.5) is 4.79 Å². The second-order valence-electron chi connectivity index (χ2n) is 13.6. The molecule has 0 bridgehead atoms. The number of nitrogens with one attached hydrogen (secondary N) is 1. The molecule has 0 radical (unpaired) electrons. The van der Waals surface area contributed by atoms with Gasteiger partial charge < -0.3 is 24.8 Å². The number of alkyl carbamates (subject to hydrolysis) is 1. The molecule has 232 valence electrons. The predicted molar refractivity (Wildman–Crippen MR) is 166 cm³/mol. The normalized spacial score (nSPS) is 18.1. The third kappa shape index (κ3) is 8.85. The molecule has 1 aliphatic rings. The Morgan fingerprint density at radius 2 is 1.71 bits per heavy atom. The summed E-state index contributed by atoms with van der Waals surface area (Å²) in [4.78, 5) is 39.5. The van der Waals surface area contributed by atoms with Gasteiger partial charge in [0, 0.05) is 6.54 Å². The van der Waals surface area contributed by atoms with Crippen molar-refractivity contribution in [1.29, 1.82) is 0 Å². The molecule has 0 saturated carbocycles. The van der Waals surface area contributed by atoms with Crippen LogP contribution in [0.3, 0.4) is 0 Å².